The molecule has 10 heteroatoms. The molecule has 1 N–H and O–H groups in total. The number of carbonyl (C=O) groups is 3. The van der Waals surface area contributed by atoms with Gasteiger partial charge in [-0.15, -0.1) is 11.8 Å². The van der Waals surface area contributed by atoms with Gasteiger partial charge in [0.05, 0.1) is 12.0 Å². The molecule has 1 aromatic carbocycles. The van der Waals surface area contributed by atoms with Gasteiger partial charge in [-0.3, -0.25) is 9.59 Å². The normalized spacial score (nSPS) is 25.1. The van der Waals surface area contributed by atoms with Crippen LogP contribution in [-0.4, -0.2) is 51.5 Å². The van der Waals surface area contributed by atoms with E-state index in [1.165, 1.54) is 16.7 Å². The Balaban J connectivity index is 0.00000261. The molecule has 0 aromatic heterocycles. The number of aryl methyl sites for hydroxylation is 1. The number of nitrogens with one attached hydrogen (secondary N) is 1. The quantitative estimate of drug-likeness (QED) is 0.399. The van der Waals surface area contributed by atoms with Gasteiger partial charge in [-0.25, -0.2) is 0 Å². The van der Waals surface area contributed by atoms with Crippen LogP contribution in [0.1, 0.15) is 19.4 Å². The van der Waals surface area contributed by atoms with Crippen LogP contribution >= 0.6 is 23.4 Å². The molecule has 140 valence electrons. The van der Waals surface area contributed by atoms with Crippen molar-refractivity contribution in [3.63, 3.8) is 0 Å². The molecule has 3 rings (SSSR count). The van der Waals surface area contributed by atoms with E-state index in [1.54, 1.807) is 32.0 Å². The fourth-order valence-electron chi connectivity index (χ4n) is 3.15. The number of carboxylic acid groups (broad SMARTS) is 1. The van der Waals surface area contributed by atoms with E-state index in [4.69, 9.17) is 16.3 Å². The van der Waals surface area contributed by atoms with E-state index in [0.29, 0.717) is 10.8 Å². The summed E-state index contributed by atoms with van der Waals surface area (Å²) in [6.45, 7) is 5.07. The van der Waals surface area contributed by atoms with Crippen molar-refractivity contribution in [2.24, 2.45) is 0 Å². The van der Waals surface area contributed by atoms with Crippen molar-refractivity contribution in [2.75, 3.05) is 6.61 Å². The number of aliphatic carboxylic acids is 1. The number of carbonyl (C=O) groups excluding carboxylic acids is 3. The predicted octanol–water partition coefficient (Wildman–Crippen LogP) is -2.67. The van der Waals surface area contributed by atoms with Crippen LogP contribution < -0.4 is 66.5 Å². The second kappa shape index (κ2) is 8.60. The van der Waals surface area contributed by atoms with Crippen LogP contribution in [-0.2, 0) is 14.4 Å². The van der Waals surface area contributed by atoms with Gasteiger partial charge in [0.25, 0.3) is 5.91 Å². The minimum atomic E-state index is -1.29. The second-order valence-corrected chi connectivity index (χ2v) is 9.00. The van der Waals surface area contributed by atoms with Crippen molar-refractivity contribution in [2.45, 2.75) is 43.0 Å². The summed E-state index contributed by atoms with van der Waals surface area (Å²) < 4.78 is 4.70. The molecule has 2 amide bonds. The maximum absolute atomic E-state index is 12.3. The first-order valence-corrected chi connectivity index (χ1v) is 9.27. The average Bonchev–Trinajstić information content (AvgIpc) is 2.82. The molecule has 7 nitrogen and oxygen atoms in total. The zero-order valence-electron chi connectivity index (χ0n) is 15.4. The van der Waals surface area contributed by atoms with Crippen molar-refractivity contribution >= 4 is 41.1 Å². The Morgan fingerprint density at radius 2 is 2.07 bits per heavy atom. The van der Waals surface area contributed by atoms with Gasteiger partial charge in [0.1, 0.15) is 17.2 Å². The topological polar surface area (TPSA) is 98.8 Å². The van der Waals surface area contributed by atoms with E-state index in [9.17, 15) is 19.5 Å². The molecule has 1 aromatic rings. The molecule has 0 unspecified atom stereocenters. The summed E-state index contributed by atoms with van der Waals surface area (Å²) in [5, 5.41) is 14.1. The Morgan fingerprint density at radius 3 is 2.67 bits per heavy atom. The fraction of sp³-hybridized carbons (Fsp3) is 0.471. The monoisotopic (exact) mass is 436 g/mol. The number of amides is 2. The molecule has 27 heavy (non-hydrogen) atoms. The van der Waals surface area contributed by atoms with E-state index < -0.39 is 40.0 Å². The van der Waals surface area contributed by atoms with Crippen LogP contribution in [0.4, 0.5) is 0 Å². The molecule has 2 aliphatic heterocycles. The predicted molar refractivity (Wildman–Crippen MR) is 94.7 cm³/mol. The van der Waals surface area contributed by atoms with E-state index in [0.717, 1.165) is 5.56 Å². The molecular weight excluding hydrogens is 419 g/mol. The van der Waals surface area contributed by atoms with Crippen molar-refractivity contribution in [3.05, 3.63) is 28.8 Å². The Hall–Kier alpha value is -0.294. The van der Waals surface area contributed by atoms with Gasteiger partial charge in [-0.2, -0.15) is 0 Å². The molecular formula is C17H18ClKN2O5S. The van der Waals surface area contributed by atoms with Gasteiger partial charge in [0, 0.05) is 9.77 Å². The van der Waals surface area contributed by atoms with Gasteiger partial charge < -0.3 is 24.9 Å². The summed E-state index contributed by atoms with van der Waals surface area (Å²) in [5.74, 6) is -1.72. The van der Waals surface area contributed by atoms with E-state index in [1.807, 2.05) is 6.92 Å². The molecule has 0 spiro atoms. The summed E-state index contributed by atoms with van der Waals surface area (Å²) in [4.78, 5) is 37.0. The van der Waals surface area contributed by atoms with E-state index in [-0.39, 0.29) is 58.0 Å². The maximum Gasteiger partial charge on any atom is 1.00 e. The molecule has 2 aliphatic rings. The number of rotatable bonds is 5. The third kappa shape index (κ3) is 4.49. The van der Waals surface area contributed by atoms with Gasteiger partial charge >= 0.3 is 51.4 Å². The Morgan fingerprint density at radius 1 is 1.41 bits per heavy atom. The number of hydrogen-bond acceptors (Lipinski definition) is 6. The van der Waals surface area contributed by atoms with Crippen molar-refractivity contribution in [3.8, 4) is 5.75 Å². The van der Waals surface area contributed by atoms with Gasteiger partial charge in [0.15, 0.2) is 6.61 Å². The van der Waals surface area contributed by atoms with Crippen LogP contribution in [0.25, 0.3) is 0 Å². The van der Waals surface area contributed by atoms with Crippen LogP contribution in [0.3, 0.4) is 0 Å². The van der Waals surface area contributed by atoms with E-state index >= 15 is 0 Å². The number of halogens is 1. The first-order valence-electron chi connectivity index (χ1n) is 8.01. The number of carboxylic acids is 1. The van der Waals surface area contributed by atoms with Crippen molar-refractivity contribution in [1.82, 2.24) is 10.2 Å². The minimum absolute atomic E-state index is 0. The SMILES string of the molecule is Cc1ccc(OCC(=O)N[C@@H]2C(=O)N3[C@@H]2SC(C)(C)[C@@H]3C(=O)[O-])cc1Cl.[K+]. The Labute approximate surface area is 208 Å². The van der Waals surface area contributed by atoms with Gasteiger partial charge in [-0.05, 0) is 38.5 Å². The summed E-state index contributed by atoms with van der Waals surface area (Å²) in [7, 11) is 0. The standard InChI is InChI=1S/C17H19ClN2O5S.K/c1-8-4-5-9(6-10(8)18)25-7-11(21)19-12-14(22)20-13(16(23)24)17(2,3)26-15(12)20;/h4-6,12-13,15H,7H2,1-3H3,(H,19,21)(H,23,24);/q;+1/p-1/t12-,13+,15-;/m1./s1. The summed E-state index contributed by atoms with van der Waals surface area (Å²) in [6, 6.07) is 3.32. The summed E-state index contributed by atoms with van der Waals surface area (Å²) in [6.07, 6.45) is 0. The van der Waals surface area contributed by atoms with Crippen LogP contribution in [0.15, 0.2) is 18.2 Å². The molecule has 2 saturated heterocycles. The largest absolute Gasteiger partial charge is 1.00 e. The Kier molecular flexibility index (Phi) is 7.33. The number of fused-ring (bicyclic) bond motifs is 1. The van der Waals surface area contributed by atoms with Crippen molar-refractivity contribution < 1.29 is 75.6 Å². The second-order valence-electron chi connectivity index (χ2n) is 6.82. The number of benzene rings is 1. The van der Waals surface area contributed by atoms with Crippen molar-refractivity contribution in [1.29, 1.82) is 0 Å². The van der Waals surface area contributed by atoms with Crippen LogP contribution in [0, 0.1) is 6.92 Å². The molecule has 0 radical (unpaired) electrons. The Bertz CT molecular complexity index is 791. The first-order chi connectivity index (χ1) is 12.1. The average molecular weight is 437 g/mol. The van der Waals surface area contributed by atoms with Crippen LogP contribution in [0.5, 0.6) is 5.75 Å². The molecule has 3 atom stereocenters. The van der Waals surface area contributed by atoms with Gasteiger partial charge in [0.2, 0.25) is 5.91 Å². The molecule has 0 saturated carbocycles. The number of nitrogens with zero attached hydrogens (tertiary/aromatic N) is 1. The zero-order chi connectivity index (χ0) is 19.2. The third-order valence-corrected chi connectivity index (χ3v) is 6.47. The molecule has 0 aliphatic carbocycles. The minimum Gasteiger partial charge on any atom is -0.548 e. The summed E-state index contributed by atoms with van der Waals surface area (Å²) in [5.41, 5.74) is 0.895. The maximum atomic E-state index is 12.3. The van der Waals surface area contributed by atoms with E-state index in [2.05, 4.69) is 5.32 Å². The number of β-lactam (4-membered cyclic amide) rings is 1. The van der Waals surface area contributed by atoms with Crippen LogP contribution in [0.2, 0.25) is 5.02 Å². The molecule has 2 heterocycles. The molecule has 0 bridgehead atoms. The number of hydrogen-bond donors (Lipinski definition) is 1. The number of ether oxygens (including phenoxy) is 1. The number of thioether (sulfide) groups is 1. The zero-order valence-corrected chi connectivity index (χ0v) is 20.1. The summed E-state index contributed by atoms with van der Waals surface area (Å²) >= 11 is 7.34. The third-order valence-electron chi connectivity index (χ3n) is 4.49. The fourth-order valence-corrected chi connectivity index (χ4v) is 4.95. The van der Waals surface area contributed by atoms with Gasteiger partial charge in [-0.1, -0.05) is 17.7 Å². The molecule has 2 fully saturated rings. The smallest absolute Gasteiger partial charge is 0.548 e. The first kappa shape index (κ1) is 23.0.